The van der Waals surface area contributed by atoms with Crippen LogP contribution in [0.15, 0.2) is 54.9 Å². The number of para-hydroxylation sites is 1. The molecule has 0 radical (unpaired) electrons. The molecule has 4 aromatic rings. The Labute approximate surface area is 136 Å². The average Bonchev–Trinajstić information content (AvgIpc) is 3.19. The number of hydrogen-bond acceptors (Lipinski definition) is 5. The van der Waals surface area contributed by atoms with Crippen LogP contribution in [0.3, 0.4) is 0 Å². The minimum absolute atomic E-state index is 0.0483. The van der Waals surface area contributed by atoms with Gasteiger partial charge in [-0.05, 0) is 25.1 Å². The maximum Gasteiger partial charge on any atom is 0.296 e. The molecule has 1 N–H and O–H groups in total. The number of carbonyl (C=O) groups is 1. The summed E-state index contributed by atoms with van der Waals surface area (Å²) >= 11 is 0. The summed E-state index contributed by atoms with van der Waals surface area (Å²) in [7, 11) is 0. The van der Waals surface area contributed by atoms with Gasteiger partial charge in [0.05, 0.1) is 11.4 Å². The Balaban J connectivity index is 1.67. The van der Waals surface area contributed by atoms with E-state index in [2.05, 4.69) is 25.5 Å². The molecule has 0 saturated heterocycles. The fourth-order valence-electron chi connectivity index (χ4n) is 2.36. The van der Waals surface area contributed by atoms with E-state index in [9.17, 15) is 4.79 Å². The second-order valence-electron chi connectivity index (χ2n) is 5.17. The lowest BCUT2D eigenvalue weighted by molar-refractivity contribution is 0.101. The van der Waals surface area contributed by atoms with Crippen molar-refractivity contribution in [1.29, 1.82) is 0 Å². The van der Waals surface area contributed by atoms with E-state index < -0.39 is 5.91 Å². The first-order valence-corrected chi connectivity index (χ1v) is 7.31. The molecule has 0 aliphatic rings. The summed E-state index contributed by atoms with van der Waals surface area (Å²) in [5.74, 6) is 0.552. The van der Waals surface area contributed by atoms with Gasteiger partial charge in [-0.1, -0.05) is 18.2 Å². The van der Waals surface area contributed by atoms with Gasteiger partial charge in [-0.25, -0.2) is 14.2 Å². The summed E-state index contributed by atoms with van der Waals surface area (Å²) in [6, 6.07) is 13.1. The molecule has 8 heteroatoms. The monoisotopic (exact) mass is 319 g/mol. The van der Waals surface area contributed by atoms with E-state index in [1.165, 1.54) is 4.52 Å². The van der Waals surface area contributed by atoms with Crippen LogP contribution in [0.5, 0.6) is 0 Å². The van der Waals surface area contributed by atoms with Gasteiger partial charge in [0, 0.05) is 18.5 Å². The molecule has 3 aromatic heterocycles. The SMILES string of the molecule is Cc1cc(NC(=O)c2nc3ncccn3n2)n(-c2ccccc2)n1. The van der Waals surface area contributed by atoms with E-state index >= 15 is 0 Å². The highest BCUT2D eigenvalue weighted by atomic mass is 16.2. The van der Waals surface area contributed by atoms with Crippen molar-refractivity contribution in [2.75, 3.05) is 5.32 Å². The number of aryl methyl sites for hydroxylation is 1. The van der Waals surface area contributed by atoms with Gasteiger partial charge in [-0.15, -0.1) is 5.10 Å². The van der Waals surface area contributed by atoms with Gasteiger partial charge in [0.15, 0.2) is 0 Å². The predicted octanol–water partition coefficient (Wildman–Crippen LogP) is 1.87. The summed E-state index contributed by atoms with van der Waals surface area (Å²) in [6.45, 7) is 1.86. The number of amides is 1. The zero-order valence-corrected chi connectivity index (χ0v) is 12.8. The molecule has 0 aliphatic carbocycles. The second kappa shape index (κ2) is 5.58. The molecule has 0 atom stereocenters. The zero-order valence-electron chi connectivity index (χ0n) is 12.8. The fraction of sp³-hybridized carbons (Fsp3) is 0.0625. The lowest BCUT2D eigenvalue weighted by Crippen LogP contribution is -2.16. The Morgan fingerprint density at radius 2 is 1.96 bits per heavy atom. The van der Waals surface area contributed by atoms with Gasteiger partial charge in [-0.3, -0.25) is 4.79 Å². The minimum Gasteiger partial charge on any atom is -0.304 e. The number of benzene rings is 1. The number of hydrogen-bond donors (Lipinski definition) is 1. The molecule has 1 amide bonds. The third-order valence-electron chi connectivity index (χ3n) is 3.39. The minimum atomic E-state index is -0.419. The van der Waals surface area contributed by atoms with Gasteiger partial charge < -0.3 is 5.32 Å². The molecular formula is C16H13N7O. The molecule has 8 nitrogen and oxygen atoms in total. The van der Waals surface area contributed by atoms with E-state index in [1.807, 2.05) is 37.3 Å². The van der Waals surface area contributed by atoms with E-state index in [0.717, 1.165) is 11.4 Å². The average molecular weight is 319 g/mol. The molecule has 118 valence electrons. The van der Waals surface area contributed by atoms with Gasteiger partial charge in [0.2, 0.25) is 5.82 Å². The first-order chi connectivity index (χ1) is 11.7. The number of nitrogens with one attached hydrogen (secondary N) is 1. The van der Waals surface area contributed by atoms with Gasteiger partial charge in [0.25, 0.3) is 11.7 Å². The van der Waals surface area contributed by atoms with Crippen LogP contribution < -0.4 is 5.32 Å². The van der Waals surface area contributed by atoms with Crippen molar-refractivity contribution in [3.63, 3.8) is 0 Å². The molecule has 0 spiro atoms. The molecule has 1 aromatic carbocycles. The van der Waals surface area contributed by atoms with Crippen LogP contribution in [0.1, 0.15) is 16.3 Å². The highest BCUT2D eigenvalue weighted by Gasteiger charge is 2.16. The lowest BCUT2D eigenvalue weighted by atomic mass is 10.3. The number of carbonyl (C=O) groups excluding carboxylic acids is 1. The van der Waals surface area contributed by atoms with Crippen molar-refractivity contribution in [2.24, 2.45) is 0 Å². The van der Waals surface area contributed by atoms with Crippen molar-refractivity contribution < 1.29 is 4.79 Å². The number of aromatic nitrogens is 6. The number of rotatable bonds is 3. The van der Waals surface area contributed by atoms with Crippen LogP contribution in [0, 0.1) is 6.92 Å². The maximum atomic E-state index is 12.5. The van der Waals surface area contributed by atoms with Crippen LogP contribution in [-0.4, -0.2) is 35.3 Å². The van der Waals surface area contributed by atoms with E-state index in [-0.39, 0.29) is 5.82 Å². The first kappa shape index (κ1) is 14.1. The lowest BCUT2D eigenvalue weighted by Gasteiger charge is -2.07. The Morgan fingerprint density at radius 3 is 2.75 bits per heavy atom. The van der Waals surface area contributed by atoms with E-state index in [4.69, 9.17) is 0 Å². The summed E-state index contributed by atoms with van der Waals surface area (Å²) in [5, 5.41) is 11.3. The van der Waals surface area contributed by atoms with Gasteiger partial charge in [0.1, 0.15) is 5.82 Å². The highest BCUT2D eigenvalue weighted by molar-refractivity contribution is 6.01. The molecule has 0 unspecified atom stereocenters. The number of anilines is 1. The Hall–Kier alpha value is -3.55. The summed E-state index contributed by atoms with van der Waals surface area (Å²) in [6.07, 6.45) is 3.28. The quantitative estimate of drug-likeness (QED) is 0.622. The largest absolute Gasteiger partial charge is 0.304 e. The summed E-state index contributed by atoms with van der Waals surface area (Å²) in [5.41, 5.74) is 1.64. The Morgan fingerprint density at radius 1 is 1.12 bits per heavy atom. The first-order valence-electron chi connectivity index (χ1n) is 7.31. The van der Waals surface area contributed by atoms with Crippen LogP contribution >= 0.6 is 0 Å². The predicted molar refractivity (Wildman–Crippen MR) is 87.0 cm³/mol. The number of fused-ring (bicyclic) bond motifs is 1. The van der Waals surface area contributed by atoms with Crippen molar-refractivity contribution in [3.05, 3.63) is 66.4 Å². The smallest absolute Gasteiger partial charge is 0.296 e. The third-order valence-corrected chi connectivity index (χ3v) is 3.39. The second-order valence-corrected chi connectivity index (χ2v) is 5.17. The normalized spacial score (nSPS) is 10.9. The molecule has 3 heterocycles. The Bertz CT molecular complexity index is 986. The molecule has 0 aliphatic heterocycles. The molecular weight excluding hydrogens is 306 g/mol. The van der Waals surface area contributed by atoms with Gasteiger partial charge in [-0.2, -0.15) is 10.1 Å². The van der Waals surface area contributed by atoms with Gasteiger partial charge >= 0.3 is 0 Å². The molecule has 24 heavy (non-hydrogen) atoms. The highest BCUT2D eigenvalue weighted by Crippen LogP contribution is 2.17. The molecule has 0 saturated carbocycles. The Kier molecular flexibility index (Phi) is 3.27. The van der Waals surface area contributed by atoms with Crippen LogP contribution in [0.25, 0.3) is 11.5 Å². The van der Waals surface area contributed by atoms with Crippen LogP contribution in [0.4, 0.5) is 5.82 Å². The standard InChI is InChI=1S/C16H13N7O/c1-11-10-13(23(20-11)12-6-3-2-4-7-12)18-15(24)14-19-16-17-8-5-9-22(16)21-14/h2-10H,1H3,(H,18,24). The summed E-state index contributed by atoms with van der Waals surface area (Å²) in [4.78, 5) is 20.6. The van der Waals surface area contributed by atoms with Crippen LogP contribution in [-0.2, 0) is 0 Å². The molecule has 0 fully saturated rings. The van der Waals surface area contributed by atoms with Crippen molar-refractivity contribution in [3.8, 4) is 5.69 Å². The third kappa shape index (κ3) is 2.50. The number of nitrogens with zero attached hydrogens (tertiary/aromatic N) is 6. The zero-order chi connectivity index (χ0) is 16.5. The van der Waals surface area contributed by atoms with E-state index in [1.54, 1.807) is 29.2 Å². The van der Waals surface area contributed by atoms with Crippen molar-refractivity contribution in [1.82, 2.24) is 29.4 Å². The van der Waals surface area contributed by atoms with Crippen LogP contribution in [0.2, 0.25) is 0 Å². The maximum absolute atomic E-state index is 12.5. The fourth-order valence-corrected chi connectivity index (χ4v) is 2.36. The molecule has 4 rings (SSSR count). The topological polar surface area (TPSA) is 90.0 Å². The van der Waals surface area contributed by atoms with E-state index in [0.29, 0.717) is 11.6 Å². The summed E-state index contributed by atoms with van der Waals surface area (Å²) < 4.78 is 3.12. The van der Waals surface area contributed by atoms with Crippen molar-refractivity contribution >= 4 is 17.5 Å². The molecule has 0 bridgehead atoms. The van der Waals surface area contributed by atoms with Crippen molar-refractivity contribution in [2.45, 2.75) is 6.92 Å².